The highest BCUT2D eigenvalue weighted by Crippen LogP contribution is 2.28. The molecule has 2 atom stereocenters. The van der Waals surface area contributed by atoms with Gasteiger partial charge in [-0.1, -0.05) is 36.7 Å². The Morgan fingerprint density at radius 3 is 1.43 bits per heavy atom. The second kappa shape index (κ2) is 13.8. The average Bonchev–Trinajstić information content (AvgIpc) is 2.45. The zero-order chi connectivity index (χ0) is 17.8. The summed E-state index contributed by atoms with van der Waals surface area (Å²) >= 11 is 8.26. The van der Waals surface area contributed by atoms with Crippen LogP contribution in [0.5, 0.6) is 0 Å². The van der Waals surface area contributed by atoms with Crippen LogP contribution in [0.15, 0.2) is 24.3 Å². The van der Waals surface area contributed by atoms with Crippen molar-refractivity contribution >= 4 is 69.0 Å². The third-order valence-electron chi connectivity index (χ3n) is 2.40. The Morgan fingerprint density at radius 1 is 0.783 bits per heavy atom. The highest BCUT2D eigenvalue weighted by atomic mass is 32.2. The fourth-order valence-corrected chi connectivity index (χ4v) is 6.45. The van der Waals surface area contributed by atoms with Crippen molar-refractivity contribution < 1.29 is 9.59 Å². The summed E-state index contributed by atoms with van der Waals surface area (Å²) < 4.78 is 0.553. The first kappa shape index (κ1) is 23.6. The Hall–Kier alpha value is 0.570. The molecule has 0 amide bonds. The summed E-state index contributed by atoms with van der Waals surface area (Å²) in [4.78, 5) is 23.0. The van der Waals surface area contributed by atoms with Gasteiger partial charge in [0, 0.05) is 23.0 Å². The summed E-state index contributed by atoms with van der Waals surface area (Å²) in [7, 11) is 0. The van der Waals surface area contributed by atoms with Crippen molar-refractivity contribution in [1.82, 2.24) is 0 Å². The van der Waals surface area contributed by atoms with Crippen LogP contribution in [-0.4, -0.2) is 42.4 Å². The van der Waals surface area contributed by atoms with Crippen LogP contribution in [0.1, 0.15) is 27.7 Å². The molecule has 0 fully saturated rings. The molecule has 23 heavy (non-hydrogen) atoms. The van der Waals surface area contributed by atoms with Crippen molar-refractivity contribution in [2.45, 2.75) is 36.9 Å². The Bertz CT molecular complexity index is 385. The Balaban J connectivity index is 3.56. The van der Waals surface area contributed by atoms with Gasteiger partial charge >= 0.3 is 0 Å². The van der Waals surface area contributed by atoms with Crippen molar-refractivity contribution in [3.63, 3.8) is 0 Å². The zero-order valence-corrected chi connectivity index (χ0v) is 18.3. The lowest BCUT2D eigenvalue weighted by Gasteiger charge is -2.11. The molecule has 7 heteroatoms. The molecular formula is C16H26O2S5. The highest BCUT2D eigenvalue weighted by Gasteiger charge is 2.11. The molecule has 0 aliphatic rings. The van der Waals surface area contributed by atoms with E-state index in [-0.39, 0.29) is 19.4 Å². The lowest BCUT2D eigenvalue weighted by atomic mass is 10.4. The first-order valence-corrected chi connectivity index (χ1v) is 12.3. The molecule has 0 bridgehead atoms. The smallest absolute Gasteiger partial charge is 0.215 e. The van der Waals surface area contributed by atoms with E-state index in [2.05, 4.69) is 27.0 Å². The average molecular weight is 411 g/mol. The van der Waals surface area contributed by atoms with Gasteiger partial charge in [-0.15, -0.1) is 23.5 Å². The molecule has 0 saturated heterocycles. The Kier molecular flexibility index (Phi) is 14.2. The molecule has 2 nitrogen and oxygen atoms in total. The normalized spacial score (nSPS) is 13.4. The largest absolute Gasteiger partial charge is 0.282 e. The number of rotatable bonds is 12. The monoisotopic (exact) mass is 410 g/mol. The van der Waals surface area contributed by atoms with E-state index in [0.717, 1.165) is 23.0 Å². The van der Waals surface area contributed by atoms with Crippen LogP contribution in [0, 0.1) is 0 Å². The maximum Gasteiger partial charge on any atom is 0.215 e. The van der Waals surface area contributed by atoms with Crippen LogP contribution >= 0.6 is 58.8 Å². The van der Waals surface area contributed by atoms with Gasteiger partial charge in [0.2, 0.25) is 10.2 Å². The molecule has 132 valence electrons. The summed E-state index contributed by atoms with van der Waals surface area (Å²) in [6, 6.07) is 0. The number of hydrogen-bond acceptors (Lipinski definition) is 7. The minimum absolute atomic E-state index is 0.0878. The molecule has 0 aromatic rings. The second-order valence-corrected chi connectivity index (χ2v) is 12.2. The van der Waals surface area contributed by atoms with Gasteiger partial charge in [0.05, 0.1) is 9.16 Å². The van der Waals surface area contributed by atoms with Crippen LogP contribution in [0.2, 0.25) is 0 Å². The fraction of sp³-hybridized carbons (Fsp3) is 0.625. The third kappa shape index (κ3) is 13.5. The van der Waals surface area contributed by atoms with Crippen molar-refractivity contribution in [3.05, 3.63) is 24.3 Å². The van der Waals surface area contributed by atoms with E-state index in [1.54, 1.807) is 13.8 Å². The zero-order valence-electron chi connectivity index (χ0n) is 14.3. The third-order valence-corrected chi connectivity index (χ3v) is 8.91. The van der Waals surface area contributed by atoms with Gasteiger partial charge in [0.15, 0.2) is 0 Å². The van der Waals surface area contributed by atoms with Gasteiger partial charge in [0.1, 0.15) is 0 Å². The molecule has 0 heterocycles. The van der Waals surface area contributed by atoms with Gasteiger partial charge in [-0.05, 0) is 38.8 Å². The minimum atomic E-state index is 0.0878. The molecule has 0 aliphatic heterocycles. The van der Waals surface area contributed by atoms with Gasteiger partial charge in [0.25, 0.3) is 0 Å². The Labute approximate surface area is 162 Å². The molecule has 0 spiro atoms. The van der Waals surface area contributed by atoms with Crippen LogP contribution < -0.4 is 0 Å². The molecule has 0 N–H and O–H groups in total. The van der Waals surface area contributed by atoms with Crippen molar-refractivity contribution in [1.29, 1.82) is 0 Å². The molecule has 0 aromatic heterocycles. The molecular weight excluding hydrogens is 385 g/mol. The summed E-state index contributed by atoms with van der Waals surface area (Å²) in [5, 5.41) is 0.176. The van der Waals surface area contributed by atoms with E-state index in [1.807, 2.05) is 35.3 Å². The van der Waals surface area contributed by atoms with Gasteiger partial charge in [-0.2, -0.15) is 11.8 Å². The van der Waals surface area contributed by atoms with Crippen molar-refractivity contribution in [2.24, 2.45) is 0 Å². The molecule has 0 rings (SSSR count). The first-order valence-electron chi connectivity index (χ1n) is 7.28. The molecule has 0 aliphatic carbocycles. The number of carbonyl (C=O) groups is 2. The van der Waals surface area contributed by atoms with Crippen LogP contribution in [-0.2, 0) is 9.59 Å². The van der Waals surface area contributed by atoms with E-state index in [1.165, 1.54) is 23.5 Å². The molecule has 0 radical (unpaired) electrons. The predicted molar refractivity (Wildman–Crippen MR) is 116 cm³/mol. The van der Waals surface area contributed by atoms with Gasteiger partial charge < -0.3 is 0 Å². The molecule has 0 aromatic carbocycles. The van der Waals surface area contributed by atoms with Crippen molar-refractivity contribution in [2.75, 3.05) is 23.0 Å². The lowest BCUT2D eigenvalue weighted by molar-refractivity contribution is -0.108. The quantitative estimate of drug-likeness (QED) is 0.237. The highest BCUT2D eigenvalue weighted by molar-refractivity contribution is 8.25. The second-order valence-electron chi connectivity index (χ2n) is 4.86. The van der Waals surface area contributed by atoms with E-state index < -0.39 is 0 Å². The van der Waals surface area contributed by atoms with E-state index in [4.69, 9.17) is 0 Å². The van der Waals surface area contributed by atoms with Crippen LogP contribution in [0.4, 0.5) is 0 Å². The minimum Gasteiger partial charge on any atom is -0.282 e. The number of carbonyl (C=O) groups excluding carboxylic acids is 2. The first-order chi connectivity index (χ1) is 10.7. The molecule has 0 saturated carbocycles. The van der Waals surface area contributed by atoms with Crippen molar-refractivity contribution in [3.8, 4) is 0 Å². The maximum atomic E-state index is 11.5. The summed E-state index contributed by atoms with van der Waals surface area (Å²) in [5.41, 5.74) is 1.23. The van der Waals surface area contributed by atoms with Crippen LogP contribution in [0.3, 0.4) is 0 Å². The van der Waals surface area contributed by atoms with Crippen LogP contribution in [0.25, 0.3) is 0 Å². The summed E-state index contributed by atoms with van der Waals surface area (Å²) in [6.45, 7) is 15.0. The maximum absolute atomic E-state index is 11.5. The summed E-state index contributed by atoms with van der Waals surface area (Å²) in [6.07, 6.45) is 0. The predicted octanol–water partition coefficient (Wildman–Crippen LogP) is 5.55. The SMILES string of the molecule is C=C(C)C(=O)SC(C)SCCSCCSC(C)SC(=O)C(=C)C. The van der Waals surface area contributed by atoms with Gasteiger partial charge in [-0.25, -0.2) is 0 Å². The topological polar surface area (TPSA) is 34.1 Å². The fourth-order valence-electron chi connectivity index (χ4n) is 1.22. The number of thioether (sulfide) groups is 5. The van der Waals surface area contributed by atoms with E-state index in [0.29, 0.717) is 11.1 Å². The number of hydrogen-bond donors (Lipinski definition) is 0. The molecule has 2 unspecified atom stereocenters. The summed E-state index contributed by atoms with van der Waals surface area (Å²) in [5.74, 6) is 4.27. The lowest BCUT2D eigenvalue weighted by Crippen LogP contribution is -2.02. The standard InChI is InChI=1S/C16H26O2S5/c1-11(2)15(17)22-13(5)20-9-7-19-8-10-21-14(6)23-16(18)12(3)4/h13-14H,1,3,7-10H2,2,4-6H3. The Morgan fingerprint density at radius 2 is 1.13 bits per heavy atom. The van der Waals surface area contributed by atoms with Gasteiger partial charge in [-0.3, -0.25) is 9.59 Å². The van der Waals surface area contributed by atoms with E-state index in [9.17, 15) is 9.59 Å². The van der Waals surface area contributed by atoms with E-state index >= 15 is 0 Å².